The highest BCUT2D eigenvalue weighted by atomic mass is 32.2. The number of sulfonamides is 1. The summed E-state index contributed by atoms with van der Waals surface area (Å²) in [5.41, 5.74) is -0.103. The number of anilines is 1. The number of amides is 1. The van der Waals surface area contributed by atoms with Crippen LogP contribution in [0, 0.1) is 5.82 Å². The van der Waals surface area contributed by atoms with Gasteiger partial charge in [-0.1, -0.05) is 6.42 Å². The summed E-state index contributed by atoms with van der Waals surface area (Å²) in [5, 5.41) is 2.54. The number of nitrogens with zero attached hydrogens (tertiary/aromatic N) is 2. The van der Waals surface area contributed by atoms with E-state index in [1.54, 1.807) is 0 Å². The Morgan fingerprint density at radius 1 is 1.04 bits per heavy atom. The maximum Gasteiger partial charge on any atom is 0.251 e. The van der Waals surface area contributed by atoms with Crippen molar-refractivity contribution in [2.45, 2.75) is 30.7 Å². The molecule has 7 nitrogen and oxygen atoms in total. The van der Waals surface area contributed by atoms with Gasteiger partial charge in [0.1, 0.15) is 12.4 Å². The Hall–Kier alpha value is -2.52. The van der Waals surface area contributed by atoms with E-state index in [2.05, 4.69) is 5.32 Å². The molecule has 1 aromatic heterocycles. The molecule has 1 aromatic carbocycles. The van der Waals surface area contributed by atoms with E-state index in [0.29, 0.717) is 18.8 Å². The number of piperidine rings is 1. The van der Waals surface area contributed by atoms with Gasteiger partial charge in [-0.05, 0) is 43.2 Å². The summed E-state index contributed by atoms with van der Waals surface area (Å²) in [7, 11) is -3.70. The number of rotatable bonds is 5. The van der Waals surface area contributed by atoms with Crippen LogP contribution >= 0.6 is 0 Å². The summed E-state index contributed by atoms with van der Waals surface area (Å²) in [6.45, 7) is 0.554. The zero-order valence-corrected chi connectivity index (χ0v) is 15.4. The first kappa shape index (κ1) is 19.2. The zero-order chi connectivity index (χ0) is 19.4. The van der Waals surface area contributed by atoms with Crippen molar-refractivity contribution in [3.63, 3.8) is 0 Å². The van der Waals surface area contributed by atoms with Gasteiger partial charge in [-0.2, -0.15) is 4.31 Å². The number of carbonyl (C=O) groups excluding carboxylic acids is 1. The van der Waals surface area contributed by atoms with Crippen molar-refractivity contribution in [1.29, 1.82) is 0 Å². The number of hydrogen-bond acceptors (Lipinski definition) is 4. The van der Waals surface area contributed by atoms with Crippen LogP contribution in [-0.2, 0) is 21.4 Å². The van der Waals surface area contributed by atoms with Crippen LogP contribution in [0.2, 0.25) is 0 Å². The molecule has 1 amide bonds. The minimum atomic E-state index is -3.70. The van der Waals surface area contributed by atoms with E-state index in [9.17, 15) is 22.4 Å². The molecule has 1 aliphatic rings. The van der Waals surface area contributed by atoms with Crippen LogP contribution in [0.25, 0.3) is 0 Å². The molecule has 3 rings (SSSR count). The van der Waals surface area contributed by atoms with Gasteiger partial charge in [-0.3, -0.25) is 9.59 Å². The molecule has 0 atom stereocenters. The predicted octanol–water partition coefficient (Wildman–Crippen LogP) is 1.80. The highest BCUT2D eigenvalue weighted by Gasteiger charge is 2.26. The lowest BCUT2D eigenvalue weighted by Gasteiger charge is -2.26. The number of nitrogens with one attached hydrogen (secondary N) is 1. The van der Waals surface area contributed by atoms with Gasteiger partial charge in [-0.15, -0.1) is 0 Å². The number of benzene rings is 1. The first-order valence-electron chi connectivity index (χ1n) is 8.62. The number of halogens is 1. The lowest BCUT2D eigenvalue weighted by Crippen LogP contribution is -2.36. The first-order chi connectivity index (χ1) is 12.9. The second kappa shape index (κ2) is 8.01. The molecule has 0 saturated carbocycles. The average Bonchev–Trinajstić information content (AvgIpc) is 2.66. The van der Waals surface area contributed by atoms with Crippen LogP contribution in [0.1, 0.15) is 19.3 Å². The van der Waals surface area contributed by atoms with Crippen molar-refractivity contribution in [1.82, 2.24) is 8.87 Å². The Bertz CT molecular complexity index is 980. The number of pyridine rings is 1. The van der Waals surface area contributed by atoms with Crippen LogP contribution in [0.4, 0.5) is 10.1 Å². The molecule has 9 heteroatoms. The maximum absolute atomic E-state index is 12.9. The second-order valence-electron chi connectivity index (χ2n) is 6.35. The Morgan fingerprint density at radius 3 is 2.37 bits per heavy atom. The van der Waals surface area contributed by atoms with Crippen molar-refractivity contribution < 1.29 is 17.6 Å². The van der Waals surface area contributed by atoms with Crippen LogP contribution in [0.15, 0.2) is 52.3 Å². The van der Waals surface area contributed by atoms with Crippen LogP contribution in [0.3, 0.4) is 0 Å². The molecule has 0 radical (unpaired) electrons. The Kier molecular flexibility index (Phi) is 5.71. The zero-order valence-electron chi connectivity index (χ0n) is 14.6. The largest absolute Gasteiger partial charge is 0.325 e. The standard InChI is InChI=1S/C18H20FN3O4S/c19-14-4-6-15(7-5-14)20-17(23)13-21-12-16(8-9-18(21)24)27(25,26)22-10-2-1-3-11-22/h4-9,12H,1-3,10-11,13H2,(H,20,23). The summed E-state index contributed by atoms with van der Waals surface area (Å²) in [4.78, 5) is 24.2. The highest BCUT2D eigenvalue weighted by molar-refractivity contribution is 7.89. The normalized spacial score (nSPS) is 15.4. The molecule has 2 heterocycles. The molecule has 1 aliphatic heterocycles. The molecule has 1 saturated heterocycles. The lowest BCUT2D eigenvalue weighted by atomic mass is 10.2. The molecule has 27 heavy (non-hydrogen) atoms. The number of aromatic nitrogens is 1. The third kappa shape index (κ3) is 4.61. The van der Waals surface area contributed by atoms with Gasteiger partial charge in [-0.25, -0.2) is 12.8 Å². The SMILES string of the molecule is O=C(Cn1cc(S(=O)(=O)N2CCCCC2)ccc1=O)Nc1ccc(F)cc1. The highest BCUT2D eigenvalue weighted by Crippen LogP contribution is 2.19. The third-order valence-electron chi connectivity index (χ3n) is 4.35. The van der Waals surface area contributed by atoms with Crippen molar-refractivity contribution in [3.05, 3.63) is 58.8 Å². The Labute approximate surface area is 156 Å². The molecular weight excluding hydrogens is 373 g/mol. The van der Waals surface area contributed by atoms with Gasteiger partial charge in [0.25, 0.3) is 5.56 Å². The van der Waals surface area contributed by atoms with Gasteiger partial charge in [0, 0.05) is 31.0 Å². The van der Waals surface area contributed by atoms with Crippen LogP contribution in [-0.4, -0.2) is 36.3 Å². The second-order valence-corrected chi connectivity index (χ2v) is 8.29. The smallest absolute Gasteiger partial charge is 0.251 e. The van der Waals surface area contributed by atoms with Crippen LogP contribution in [0.5, 0.6) is 0 Å². The van der Waals surface area contributed by atoms with Crippen molar-refractivity contribution >= 4 is 21.6 Å². The summed E-state index contributed by atoms with van der Waals surface area (Å²) in [5.74, 6) is -0.948. The van der Waals surface area contributed by atoms with Crippen molar-refractivity contribution in [3.8, 4) is 0 Å². The molecular formula is C18H20FN3O4S. The maximum atomic E-state index is 12.9. The van der Waals surface area contributed by atoms with E-state index < -0.39 is 27.3 Å². The monoisotopic (exact) mass is 393 g/mol. The van der Waals surface area contributed by atoms with E-state index in [0.717, 1.165) is 29.9 Å². The number of carbonyl (C=O) groups is 1. The third-order valence-corrected chi connectivity index (χ3v) is 6.23. The fourth-order valence-corrected chi connectivity index (χ4v) is 4.47. The summed E-state index contributed by atoms with van der Waals surface area (Å²) in [6.07, 6.45) is 3.80. The predicted molar refractivity (Wildman–Crippen MR) is 98.3 cm³/mol. The average molecular weight is 393 g/mol. The minimum Gasteiger partial charge on any atom is -0.325 e. The first-order valence-corrected chi connectivity index (χ1v) is 10.1. The van der Waals surface area contributed by atoms with E-state index in [1.807, 2.05) is 0 Å². The molecule has 0 spiro atoms. The van der Waals surface area contributed by atoms with Crippen LogP contribution < -0.4 is 10.9 Å². The summed E-state index contributed by atoms with van der Waals surface area (Å²) in [6, 6.07) is 7.60. The molecule has 2 aromatic rings. The van der Waals surface area contributed by atoms with E-state index in [1.165, 1.54) is 40.8 Å². The van der Waals surface area contributed by atoms with Gasteiger partial charge in [0.2, 0.25) is 15.9 Å². The Morgan fingerprint density at radius 2 is 1.70 bits per heavy atom. The molecule has 1 N–H and O–H groups in total. The van der Waals surface area contributed by atoms with Crippen molar-refractivity contribution in [2.75, 3.05) is 18.4 Å². The fraction of sp³-hybridized carbons (Fsp3) is 0.333. The minimum absolute atomic E-state index is 0.0152. The fourth-order valence-electron chi connectivity index (χ4n) is 2.93. The molecule has 1 fully saturated rings. The topological polar surface area (TPSA) is 88.5 Å². The lowest BCUT2D eigenvalue weighted by molar-refractivity contribution is -0.116. The number of hydrogen-bond donors (Lipinski definition) is 1. The van der Waals surface area contributed by atoms with E-state index >= 15 is 0 Å². The van der Waals surface area contributed by atoms with Crippen molar-refractivity contribution in [2.24, 2.45) is 0 Å². The quantitative estimate of drug-likeness (QED) is 0.839. The summed E-state index contributed by atoms with van der Waals surface area (Å²) >= 11 is 0. The van der Waals surface area contributed by atoms with Gasteiger partial charge >= 0.3 is 0 Å². The summed E-state index contributed by atoms with van der Waals surface area (Å²) < 4.78 is 40.8. The molecule has 0 bridgehead atoms. The molecule has 0 unspecified atom stereocenters. The molecule has 144 valence electrons. The van der Waals surface area contributed by atoms with Gasteiger partial charge < -0.3 is 9.88 Å². The van der Waals surface area contributed by atoms with Gasteiger partial charge in [0.05, 0.1) is 4.90 Å². The Balaban J connectivity index is 1.77. The van der Waals surface area contributed by atoms with E-state index in [-0.39, 0.29) is 11.4 Å². The van der Waals surface area contributed by atoms with E-state index in [4.69, 9.17) is 0 Å². The molecule has 0 aliphatic carbocycles. The van der Waals surface area contributed by atoms with Gasteiger partial charge in [0.15, 0.2) is 0 Å².